The Hall–Kier alpha value is -2.09. The number of carbonyl (C=O) groups excluding carboxylic acids is 1. The fraction of sp³-hybridized carbons (Fsp3) is 0.417. The highest BCUT2D eigenvalue weighted by molar-refractivity contribution is 5.95. The van der Waals surface area contributed by atoms with Crippen LogP contribution < -0.4 is 0 Å². The van der Waals surface area contributed by atoms with Gasteiger partial charge in [0.05, 0.1) is 17.6 Å². The minimum absolute atomic E-state index is 0.256. The zero-order valence-electron chi connectivity index (χ0n) is 10.4. The molecule has 1 aliphatic rings. The number of halogens is 2. The topological polar surface area (TPSA) is 83.7 Å². The Kier molecular flexibility index (Phi) is 3.93. The maximum atomic E-state index is 13.9. The lowest BCUT2D eigenvalue weighted by atomic mass is 10.1. The molecule has 0 spiro atoms. The molecule has 1 atom stereocenters. The van der Waals surface area contributed by atoms with E-state index in [2.05, 4.69) is 0 Å². The van der Waals surface area contributed by atoms with Crippen LogP contribution >= 0.6 is 0 Å². The second kappa shape index (κ2) is 5.49. The van der Waals surface area contributed by atoms with Crippen LogP contribution in [-0.4, -0.2) is 40.0 Å². The molecule has 0 radical (unpaired) electrons. The SMILES string of the molecule is O=C(c1c(F)ccc([N+](=O)[O-])c1F)N1CCC[C@H]1CO. The molecule has 1 fully saturated rings. The van der Waals surface area contributed by atoms with E-state index in [4.69, 9.17) is 5.11 Å². The van der Waals surface area contributed by atoms with E-state index in [0.717, 1.165) is 4.90 Å². The number of rotatable bonds is 3. The van der Waals surface area contributed by atoms with Crippen molar-refractivity contribution in [3.8, 4) is 0 Å². The number of amides is 1. The Morgan fingerprint density at radius 1 is 1.50 bits per heavy atom. The second-order valence-electron chi connectivity index (χ2n) is 4.49. The van der Waals surface area contributed by atoms with Crippen LogP contribution in [0.25, 0.3) is 0 Å². The number of hydrogen-bond donors (Lipinski definition) is 1. The number of nitrogens with zero attached hydrogens (tertiary/aromatic N) is 2. The summed E-state index contributed by atoms with van der Waals surface area (Å²) in [5, 5.41) is 19.8. The minimum Gasteiger partial charge on any atom is -0.394 e. The Balaban J connectivity index is 2.44. The lowest BCUT2D eigenvalue weighted by molar-refractivity contribution is -0.387. The van der Waals surface area contributed by atoms with Gasteiger partial charge in [-0.3, -0.25) is 14.9 Å². The summed E-state index contributed by atoms with van der Waals surface area (Å²) in [6, 6.07) is 0.855. The highest BCUT2D eigenvalue weighted by atomic mass is 19.1. The van der Waals surface area contributed by atoms with E-state index >= 15 is 0 Å². The van der Waals surface area contributed by atoms with Crippen molar-refractivity contribution >= 4 is 11.6 Å². The average Bonchev–Trinajstić information content (AvgIpc) is 2.86. The standard InChI is InChI=1S/C12H12F2N2O4/c13-8-3-4-9(16(19)20)11(14)10(8)12(18)15-5-1-2-7(15)6-17/h3-4,7,17H,1-2,5-6H2/t7-/m0/s1. The van der Waals surface area contributed by atoms with Crippen LogP contribution in [0.1, 0.15) is 23.2 Å². The van der Waals surface area contributed by atoms with Gasteiger partial charge in [0.1, 0.15) is 11.4 Å². The predicted octanol–water partition coefficient (Wildman–Crippen LogP) is 1.47. The van der Waals surface area contributed by atoms with Gasteiger partial charge in [-0.25, -0.2) is 4.39 Å². The molecular weight excluding hydrogens is 274 g/mol. The van der Waals surface area contributed by atoms with Gasteiger partial charge in [0, 0.05) is 12.6 Å². The zero-order valence-corrected chi connectivity index (χ0v) is 10.4. The van der Waals surface area contributed by atoms with Crippen LogP contribution in [0.15, 0.2) is 12.1 Å². The molecule has 0 bridgehead atoms. The molecule has 0 unspecified atom stereocenters. The minimum atomic E-state index is -1.48. The summed E-state index contributed by atoms with van der Waals surface area (Å²) in [6.45, 7) is -0.0600. The number of aliphatic hydroxyl groups is 1. The molecular formula is C12H12F2N2O4. The van der Waals surface area contributed by atoms with Gasteiger partial charge in [0.2, 0.25) is 5.82 Å². The number of aliphatic hydroxyl groups excluding tert-OH is 1. The van der Waals surface area contributed by atoms with E-state index in [9.17, 15) is 23.7 Å². The van der Waals surface area contributed by atoms with Crippen LogP contribution in [0.4, 0.5) is 14.5 Å². The van der Waals surface area contributed by atoms with Crippen LogP contribution in [0, 0.1) is 21.7 Å². The van der Waals surface area contributed by atoms with Gasteiger partial charge in [-0.1, -0.05) is 0 Å². The first-order valence-electron chi connectivity index (χ1n) is 6.01. The smallest absolute Gasteiger partial charge is 0.305 e. The lowest BCUT2D eigenvalue weighted by Gasteiger charge is -2.23. The number of benzene rings is 1. The quantitative estimate of drug-likeness (QED) is 0.673. The highest BCUT2D eigenvalue weighted by Crippen LogP contribution is 2.27. The Morgan fingerprint density at radius 2 is 2.20 bits per heavy atom. The van der Waals surface area contributed by atoms with Crippen LogP contribution in [-0.2, 0) is 0 Å². The van der Waals surface area contributed by atoms with Gasteiger partial charge in [-0.05, 0) is 18.9 Å². The van der Waals surface area contributed by atoms with Crippen LogP contribution in [0.3, 0.4) is 0 Å². The first-order chi connectivity index (χ1) is 9.47. The van der Waals surface area contributed by atoms with Gasteiger partial charge < -0.3 is 10.0 Å². The van der Waals surface area contributed by atoms with Crippen molar-refractivity contribution in [2.45, 2.75) is 18.9 Å². The molecule has 1 aromatic carbocycles. The van der Waals surface area contributed by atoms with E-state index < -0.39 is 39.8 Å². The van der Waals surface area contributed by atoms with E-state index in [-0.39, 0.29) is 13.2 Å². The summed E-state index contributed by atoms with van der Waals surface area (Å²) in [5.74, 6) is -3.61. The van der Waals surface area contributed by atoms with Gasteiger partial charge in [0.15, 0.2) is 0 Å². The molecule has 108 valence electrons. The van der Waals surface area contributed by atoms with Crippen LogP contribution in [0.5, 0.6) is 0 Å². The van der Waals surface area contributed by atoms with E-state index in [1.54, 1.807) is 0 Å². The first-order valence-corrected chi connectivity index (χ1v) is 6.01. The number of hydrogen-bond acceptors (Lipinski definition) is 4. The third kappa shape index (κ3) is 2.34. The molecule has 1 aromatic rings. The predicted molar refractivity (Wildman–Crippen MR) is 64.2 cm³/mol. The van der Waals surface area contributed by atoms with Gasteiger partial charge in [-0.2, -0.15) is 4.39 Å². The number of likely N-dealkylation sites (tertiary alicyclic amines) is 1. The normalized spacial score (nSPS) is 18.4. The Labute approximate surface area is 112 Å². The van der Waals surface area contributed by atoms with Crippen molar-refractivity contribution in [2.24, 2.45) is 0 Å². The number of nitro benzene ring substituents is 1. The average molecular weight is 286 g/mol. The van der Waals surface area contributed by atoms with Gasteiger partial charge >= 0.3 is 5.69 Å². The molecule has 1 amide bonds. The molecule has 0 saturated carbocycles. The van der Waals surface area contributed by atoms with E-state index in [0.29, 0.717) is 25.0 Å². The lowest BCUT2D eigenvalue weighted by Crippen LogP contribution is -2.38. The number of carbonyl (C=O) groups is 1. The van der Waals surface area contributed by atoms with Crippen molar-refractivity contribution in [1.29, 1.82) is 0 Å². The molecule has 6 nitrogen and oxygen atoms in total. The molecule has 1 heterocycles. The van der Waals surface area contributed by atoms with Crippen molar-refractivity contribution in [2.75, 3.05) is 13.2 Å². The fourth-order valence-corrected chi connectivity index (χ4v) is 2.32. The molecule has 1 saturated heterocycles. The third-order valence-corrected chi connectivity index (χ3v) is 3.33. The van der Waals surface area contributed by atoms with Crippen LogP contribution in [0.2, 0.25) is 0 Å². The molecule has 20 heavy (non-hydrogen) atoms. The third-order valence-electron chi connectivity index (χ3n) is 3.33. The zero-order chi connectivity index (χ0) is 14.9. The molecule has 0 aliphatic carbocycles. The summed E-state index contributed by atoms with van der Waals surface area (Å²) in [6.07, 6.45) is 1.13. The Bertz CT molecular complexity index is 565. The second-order valence-corrected chi connectivity index (χ2v) is 4.49. The van der Waals surface area contributed by atoms with Crippen molar-refractivity contribution in [1.82, 2.24) is 4.90 Å². The van der Waals surface area contributed by atoms with Crippen molar-refractivity contribution < 1.29 is 23.6 Å². The first kappa shape index (κ1) is 14.3. The highest BCUT2D eigenvalue weighted by Gasteiger charge is 2.34. The summed E-state index contributed by atoms with van der Waals surface area (Å²) in [5.41, 5.74) is -1.89. The monoisotopic (exact) mass is 286 g/mol. The van der Waals surface area contributed by atoms with Crippen molar-refractivity contribution in [3.05, 3.63) is 39.4 Å². The summed E-state index contributed by atoms with van der Waals surface area (Å²) >= 11 is 0. The van der Waals surface area contributed by atoms with E-state index in [1.165, 1.54) is 0 Å². The maximum absolute atomic E-state index is 13.9. The molecule has 1 aliphatic heterocycles. The number of nitro groups is 1. The summed E-state index contributed by atoms with van der Waals surface area (Å²) < 4.78 is 27.6. The Morgan fingerprint density at radius 3 is 2.80 bits per heavy atom. The van der Waals surface area contributed by atoms with Crippen molar-refractivity contribution in [3.63, 3.8) is 0 Å². The van der Waals surface area contributed by atoms with E-state index in [1.807, 2.05) is 0 Å². The summed E-state index contributed by atoms with van der Waals surface area (Å²) in [7, 11) is 0. The fourth-order valence-electron chi connectivity index (χ4n) is 2.32. The van der Waals surface area contributed by atoms with Gasteiger partial charge in [-0.15, -0.1) is 0 Å². The molecule has 8 heteroatoms. The molecule has 1 N–H and O–H groups in total. The molecule has 0 aromatic heterocycles. The largest absolute Gasteiger partial charge is 0.394 e. The summed E-state index contributed by atoms with van der Waals surface area (Å²) in [4.78, 5) is 22.9. The van der Waals surface area contributed by atoms with Gasteiger partial charge in [0.25, 0.3) is 5.91 Å². The maximum Gasteiger partial charge on any atom is 0.305 e. The molecule has 2 rings (SSSR count).